The Labute approximate surface area is 176 Å². The Bertz CT molecular complexity index is 1010. The van der Waals surface area contributed by atoms with Crippen LogP contribution in [0.15, 0.2) is 35.3 Å². The first kappa shape index (κ1) is 21.3. The van der Waals surface area contributed by atoms with Crippen LogP contribution in [0.4, 0.5) is 24.9 Å². The fraction of sp³-hybridized carbons (Fsp3) is 0.500. The summed E-state index contributed by atoms with van der Waals surface area (Å²) < 4.78 is 48.2. The zero-order chi connectivity index (χ0) is 22.2. The fourth-order valence-electron chi connectivity index (χ4n) is 3.93. The maximum absolute atomic E-state index is 13.8. The standard InChI is InChI=1S/C20H22F3N5O3/c1-13-11-26(8-9-31-13)17-10-18(30)27-7-5-16(20(21,22)23)28(19(27)25-17)12-15(29)14-4-2-3-6-24-14/h2-4,6,10,13,16H,5,7-9,11-12H2,1H3. The number of pyridine rings is 1. The Kier molecular flexibility index (Phi) is 5.69. The zero-order valence-electron chi connectivity index (χ0n) is 16.9. The SMILES string of the molecule is CC1CN(c2cc(=O)n3c(n2)N(CC(=O)c2ccccn2)C(C(F)(F)F)CC3)CCO1. The summed E-state index contributed by atoms with van der Waals surface area (Å²) in [7, 11) is 0. The predicted molar refractivity (Wildman–Crippen MR) is 106 cm³/mol. The third-order valence-corrected chi connectivity index (χ3v) is 5.44. The minimum absolute atomic E-state index is 0.0565. The molecule has 2 aromatic heterocycles. The molecule has 1 saturated heterocycles. The van der Waals surface area contributed by atoms with E-state index in [-0.39, 0.29) is 36.5 Å². The van der Waals surface area contributed by atoms with Crippen LogP contribution in [0.2, 0.25) is 0 Å². The molecule has 0 aromatic carbocycles. The van der Waals surface area contributed by atoms with Gasteiger partial charge < -0.3 is 14.5 Å². The van der Waals surface area contributed by atoms with Crippen LogP contribution >= 0.6 is 0 Å². The van der Waals surface area contributed by atoms with Crippen LogP contribution in [0.1, 0.15) is 23.8 Å². The minimum Gasteiger partial charge on any atom is -0.375 e. The lowest BCUT2D eigenvalue weighted by molar-refractivity contribution is -0.152. The van der Waals surface area contributed by atoms with E-state index in [1.54, 1.807) is 12.1 Å². The van der Waals surface area contributed by atoms with E-state index in [4.69, 9.17) is 4.74 Å². The number of ketones is 1. The number of hydrogen-bond acceptors (Lipinski definition) is 7. The highest BCUT2D eigenvalue weighted by Crippen LogP contribution is 2.34. The molecule has 166 valence electrons. The second kappa shape index (κ2) is 8.29. The van der Waals surface area contributed by atoms with Crippen LogP contribution in [0.25, 0.3) is 0 Å². The summed E-state index contributed by atoms with van der Waals surface area (Å²) in [6, 6.07) is 4.05. The number of hydrogen-bond donors (Lipinski definition) is 0. The van der Waals surface area contributed by atoms with Gasteiger partial charge in [0.15, 0.2) is 5.78 Å². The Balaban J connectivity index is 1.74. The number of fused-ring (bicyclic) bond motifs is 1. The molecule has 4 heterocycles. The summed E-state index contributed by atoms with van der Waals surface area (Å²) in [5.74, 6) is -0.452. The molecule has 8 nitrogen and oxygen atoms in total. The Hall–Kier alpha value is -2.95. The molecule has 2 aliphatic rings. The molecular weight excluding hydrogens is 415 g/mol. The van der Waals surface area contributed by atoms with Gasteiger partial charge in [0.05, 0.1) is 19.3 Å². The molecule has 0 spiro atoms. The van der Waals surface area contributed by atoms with E-state index in [2.05, 4.69) is 9.97 Å². The Morgan fingerprint density at radius 1 is 1.29 bits per heavy atom. The molecule has 2 aliphatic heterocycles. The van der Waals surface area contributed by atoms with Crippen molar-refractivity contribution in [2.75, 3.05) is 36.0 Å². The van der Waals surface area contributed by atoms with Crippen molar-refractivity contribution in [3.8, 4) is 0 Å². The second-order valence-electron chi connectivity index (χ2n) is 7.64. The summed E-state index contributed by atoms with van der Waals surface area (Å²) in [5.41, 5.74) is -0.392. The number of carbonyl (C=O) groups excluding carboxylic acids is 1. The summed E-state index contributed by atoms with van der Waals surface area (Å²) in [6.45, 7) is 2.51. The number of ether oxygens (including phenoxy) is 1. The van der Waals surface area contributed by atoms with Crippen LogP contribution in [-0.2, 0) is 11.3 Å². The van der Waals surface area contributed by atoms with E-state index in [0.717, 1.165) is 4.90 Å². The van der Waals surface area contributed by atoms with Gasteiger partial charge in [0.25, 0.3) is 5.56 Å². The lowest BCUT2D eigenvalue weighted by Gasteiger charge is -2.39. The molecular formula is C20H22F3N5O3. The van der Waals surface area contributed by atoms with Gasteiger partial charge in [-0.2, -0.15) is 18.2 Å². The fourth-order valence-corrected chi connectivity index (χ4v) is 3.93. The van der Waals surface area contributed by atoms with Gasteiger partial charge in [-0.15, -0.1) is 0 Å². The van der Waals surface area contributed by atoms with Gasteiger partial charge in [-0.25, -0.2) is 0 Å². The quantitative estimate of drug-likeness (QED) is 0.676. The number of nitrogens with zero attached hydrogens (tertiary/aromatic N) is 5. The molecule has 2 aromatic rings. The van der Waals surface area contributed by atoms with E-state index in [1.807, 2.05) is 11.8 Å². The zero-order valence-corrected chi connectivity index (χ0v) is 16.9. The van der Waals surface area contributed by atoms with Gasteiger partial charge in [-0.3, -0.25) is 19.1 Å². The molecule has 31 heavy (non-hydrogen) atoms. The summed E-state index contributed by atoms with van der Waals surface area (Å²) >= 11 is 0. The molecule has 11 heteroatoms. The first-order valence-electron chi connectivity index (χ1n) is 10.00. The Morgan fingerprint density at radius 3 is 2.77 bits per heavy atom. The van der Waals surface area contributed by atoms with Crippen LogP contribution in [0, 0.1) is 0 Å². The van der Waals surface area contributed by atoms with Crippen LogP contribution in [0.3, 0.4) is 0 Å². The van der Waals surface area contributed by atoms with Crippen LogP contribution in [-0.4, -0.2) is 64.9 Å². The van der Waals surface area contributed by atoms with E-state index in [1.165, 1.54) is 22.9 Å². The highest BCUT2D eigenvalue weighted by Gasteiger charge is 2.47. The molecule has 2 atom stereocenters. The van der Waals surface area contributed by atoms with Crippen molar-refractivity contribution in [2.24, 2.45) is 0 Å². The maximum atomic E-state index is 13.8. The smallest absolute Gasteiger partial charge is 0.375 e. The number of morpholine rings is 1. The molecule has 2 unspecified atom stereocenters. The highest BCUT2D eigenvalue weighted by atomic mass is 19.4. The first-order chi connectivity index (χ1) is 14.7. The monoisotopic (exact) mass is 437 g/mol. The van der Waals surface area contributed by atoms with Gasteiger partial charge in [0.1, 0.15) is 17.6 Å². The average molecular weight is 437 g/mol. The third-order valence-electron chi connectivity index (χ3n) is 5.44. The highest BCUT2D eigenvalue weighted by molar-refractivity contribution is 5.97. The van der Waals surface area contributed by atoms with E-state index in [9.17, 15) is 22.8 Å². The largest absolute Gasteiger partial charge is 0.408 e. The molecule has 1 fully saturated rings. The first-order valence-corrected chi connectivity index (χ1v) is 10.00. The van der Waals surface area contributed by atoms with Crippen molar-refractivity contribution < 1.29 is 22.7 Å². The van der Waals surface area contributed by atoms with Gasteiger partial charge >= 0.3 is 6.18 Å². The van der Waals surface area contributed by atoms with Gasteiger partial charge in [-0.05, 0) is 25.5 Å². The topological polar surface area (TPSA) is 80.6 Å². The second-order valence-corrected chi connectivity index (χ2v) is 7.64. The van der Waals surface area contributed by atoms with Gasteiger partial charge in [0, 0.05) is 31.9 Å². The van der Waals surface area contributed by atoms with Crippen LogP contribution in [0.5, 0.6) is 0 Å². The maximum Gasteiger partial charge on any atom is 0.408 e. The number of aromatic nitrogens is 3. The van der Waals surface area contributed by atoms with Crippen molar-refractivity contribution >= 4 is 17.5 Å². The summed E-state index contributed by atoms with van der Waals surface area (Å²) in [6.07, 6.45) is -3.63. The predicted octanol–water partition coefficient (Wildman–Crippen LogP) is 1.89. The van der Waals surface area contributed by atoms with Crippen molar-refractivity contribution in [1.29, 1.82) is 0 Å². The molecule has 0 bridgehead atoms. The van der Waals surface area contributed by atoms with E-state index < -0.39 is 30.1 Å². The molecule has 0 amide bonds. The van der Waals surface area contributed by atoms with E-state index >= 15 is 0 Å². The number of alkyl halides is 3. The lowest BCUT2D eigenvalue weighted by atomic mass is 10.1. The normalized spacial score (nSPS) is 21.7. The molecule has 4 rings (SSSR count). The van der Waals surface area contributed by atoms with Gasteiger partial charge in [0.2, 0.25) is 5.95 Å². The van der Waals surface area contributed by atoms with Gasteiger partial charge in [-0.1, -0.05) is 6.07 Å². The van der Waals surface area contributed by atoms with E-state index in [0.29, 0.717) is 19.7 Å². The van der Waals surface area contributed by atoms with Crippen molar-refractivity contribution in [1.82, 2.24) is 14.5 Å². The summed E-state index contributed by atoms with van der Waals surface area (Å²) in [4.78, 5) is 36.5. The minimum atomic E-state index is -4.59. The van der Waals surface area contributed by atoms with Crippen molar-refractivity contribution in [2.45, 2.75) is 38.2 Å². The number of halogens is 3. The number of rotatable bonds is 4. The van der Waals surface area contributed by atoms with Crippen molar-refractivity contribution in [3.63, 3.8) is 0 Å². The number of carbonyl (C=O) groups is 1. The third kappa shape index (κ3) is 4.41. The van der Waals surface area contributed by atoms with Crippen LogP contribution < -0.4 is 15.4 Å². The number of anilines is 2. The lowest BCUT2D eigenvalue weighted by Crippen LogP contribution is -2.54. The molecule has 0 radical (unpaired) electrons. The molecule has 0 saturated carbocycles. The molecule has 0 N–H and O–H groups in total. The summed E-state index contributed by atoms with van der Waals surface area (Å²) in [5, 5.41) is 0. The van der Waals surface area contributed by atoms with Crippen molar-refractivity contribution in [3.05, 3.63) is 46.5 Å². The Morgan fingerprint density at radius 2 is 2.10 bits per heavy atom. The average Bonchev–Trinajstić information content (AvgIpc) is 2.73. The number of Topliss-reactive ketones (excluding diaryl/α,β-unsaturated/α-hetero) is 1. The molecule has 0 aliphatic carbocycles.